The third kappa shape index (κ3) is 3.24. The average Bonchev–Trinajstić information content (AvgIpc) is 3.31. The SMILES string of the molecule is CCc1ccc(N2CCO[C@H]2c2ccn(-c3ccccc3Br)c2)cc1. The fourth-order valence-electron chi connectivity index (χ4n) is 3.30. The number of aryl methyl sites for hydroxylation is 1. The van der Waals surface area contributed by atoms with E-state index in [2.05, 4.69) is 87.2 Å². The van der Waals surface area contributed by atoms with Crippen LogP contribution >= 0.6 is 15.9 Å². The number of para-hydroxylation sites is 1. The zero-order chi connectivity index (χ0) is 17.2. The number of hydrogen-bond donors (Lipinski definition) is 0. The van der Waals surface area contributed by atoms with E-state index in [4.69, 9.17) is 4.74 Å². The minimum absolute atomic E-state index is 0.0313. The molecule has 0 aliphatic carbocycles. The van der Waals surface area contributed by atoms with Gasteiger partial charge in [0.1, 0.15) is 0 Å². The molecule has 3 nitrogen and oxygen atoms in total. The highest BCUT2D eigenvalue weighted by Gasteiger charge is 2.28. The molecule has 0 spiro atoms. The van der Waals surface area contributed by atoms with Crippen LogP contribution in [-0.2, 0) is 11.2 Å². The number of nitrogens with zero attached hydrogens (tertiary/aromatic N) is 2. The zero-order valence-electron chi connectivity index (χ0n) is 14.2. The van der Waals surface area contributed by atoms with Gasteiger partial charge in [0.2, 0.25) is 0 Å². The molecule has 1 atom stereocenters. The Hall–Kier alpha value is -2.04. The van der Waals surface area contributed by atoms with E-state index >= 15 is 0 Å². The molecule has 25 heavy (non-hydrogen) atoms. The van der Waals surface area contributed by atoms with E-state index in [1.165, 1.54) is 16.8 Å². The first kappa shape index (κ1) is 16.4. The van der Waals surface area contributed by atoms with E-state index in [0.29, 0.717) is 0 Å². The van der Waals surface area contributed by atoms with Gasteiger partial charge in [-0.15, -0.1) is 0 Å². The minimum Gasteiger partial charge on any atom is -0.352 e. The molecule has 2 aromatic carbocycles. The largest absolute Gasteiger partial charge is 0.352 e. The van der Waals surface area contributed by atoms with Gasteiger partial charge in [-0.1, -0.05) is 31.2 Å². The number of ether oxygens (including phenoxy) is 1. The van der Waals surface area contributed by atoms with Gasteiger partial charge in [-0.05, 0) is 58.2 Å². The van der Waals surface area contributed by atoms with Crippen molar-refractivity contribution in [3.05, 3.63) is 82.6 Å². The molecule has 4 rings (SSSR count). The van der Waals surface area contributed by atoms with Crippen LogP contribution in [0.5, 0.6) is 0 Å². The number of anilines is 1. The predicted molar refractivity (Wildman–Crippen MR) is 105 cm³/mol. The van der Waals surface area contributed by atoms with Crippen molar-refractivity contribution in [2.45, 2.75) is 19.6 Å². The van der Waals surface area contributed by atoms with Gasteiger partial charge in [0.25, 0.3) is 0 Å². The number of aromatic nitrogens is 1. The summed E-state index contributed by atoms with van der Waals surface area (Å²) in [5.74, 6) is 0. The summed E-state index contributed by atoms with van der Waals surface area (Å²) in [4.78, 5) is 2.33. The average molecular weight is 397 g/mol. The summed E-state index contributed by atoms with van der Waals surface area (Å²) >= 11 is 3.63. The monoisotopic (exact) mass is 396 g/mol. The number of hydrogen-bond acceptors (Lipinski definition) is 2. The summed E-state index contributed by atoms with van der Waals surface area (Å²) in [5, 5.41) is 0. The van der Waals surface area contributed by atoms with Crippen LogP contribution in [-0.4, -0.2) is 17.7 Å². The van der Waals surface area contributed by atoms with Gasteiger partial charge in [-0.25, -0.2) is 0 Å². The summed E-state index contributed by atoms with van der Waals surface area (Å²) in [6.45, 7) is 3.85. The van der Waals surface area contributed by atoms with Crippen molar-refractivity contribution in [3.8, 4) is 5.69 Å². The number of halogens is 1. The van der Waals surface area contributed by atoms with Gasteiger partial charge in [0.15, 0.2) is 6.23 Å². The topological polar surface area (TPSA) is 17.4 Å². The molecular formula is C21H21BrN2O. The van der Waals surface area contributed by atoms with Crippen LogP contribution in [0.3, 0.4) is 0 Å². The molecule has 1 aliphatic rings. The lowest BCUT2D eigenvalue weighted by molar-refractivity contribution is 0.114. The van der Waals surface area contributed by atoms with Crippen LogP contribution in [0.25, 0.3) is 5.69 Å². The van der Waals surface area contributed by atoms with E-state index in [0.717, 1.165) is 29.7 Å². The van der Waals surface area contributed by atoms with Crippen molar-refractivity contribution in [3.63, 3.8) is 0 Å². The van der Waals surface area contributed by atoms with Crippen LogP contribution in [0.1, 0.15) is 24.3 Å². The maximum absolute atomic E-state index is 6.04. The molecule has 0 unspecified atom stereocenters. The fraction of sp³-hybridized carbons (Fsp3) is 0.238. The molecule has 1 aliphatic heterocycles. The third-order valence-electron chi connectivity index (χ3n) is 4.70. The van der Waals surface area contributed by atoms with E-state index in [9.17, 15) is 0 Å². The summed E-state index contributed by atoms with van der Waals surface area (Å²) in [6, 6.07) is 19.2. The predicted octanol–water partition coefficient (Wildman–Crippen LogP) is 5.34. The van der Waals surface area contributed by atoms with Crippen LogP contribution in [0, 0.1) is 0 Å². The summed E-state index contributed by atoms with van der Waals surface area (Å²) in [6.07, 6.45) is 5.28. The highest BCUT2D eigenvalue weighted by molar-refractivity contribution is 9.10. The number of rotatable bonds is 4. The number of benzene rings is 2. The molecule has 0 amide bonds. The third-order valence-corrected chi connectivity index (χ3v) is 5.37. The first-order chi connectivity index (χ1) is 12.3. The quantitative estimate of drug-likeness (QED) is 0.592. The molecule has 3 aromatic rings. The Balaban J connectivity index is 1.61. The van der Waals surface area contributed by atoms with Crippen LogP contribution in [0.4, 0.5) is 5.69 Å². The van der Waals surface area contributed by atoms with Crippen LogP contribution in [0.15, 0.2) is 71.5 Å². The molecule has 1 saturated heterocycles. The molecular weight excluding hydrogens is 376 g/mol. The first-order valence-electron chi connectivity index (χ1n) is 8.66. The molecule has 1 aromatic heterocycles. The molecule has 0 N–H and O–H groups in total. The Bertz CT molecular complexity index is 856. The Morgan fingerprint density at radius 2 is 1.88 bits per heavy atom. The zero-order valence-corrected chi connectivity index (χ0v) is 15.8. The highest BCUT2D eigenvalue weighted by atomic mass is 79.9. The molecule has 4 heteroatoms. The van der Waals surface area contributed by atoms with Crippen molar-refractivity contribution in [2.75, 3.05) is 18.1 Å². The van der Waals surface area contributed by atoms with Gasteiger partial charge < -0.3 is 14.2 Å². The van der Waals surface area contributed by atoms with E-state index < -0.39 is 0 Å². The van der Waals surface area contributed by atoms with E-state index in [1.807, 2.05) is 12.1 Å². The molecule has 0 radical (unpaired) electrons. The maximum Gasteiger partial charge on any atom is 0.158 e. The molecule has 0 bridgehead atoms. The van der Waals surface area contributed by atoms with Crippen molar-refractivity contribution >= 4 is 21.6 Å². The Labute approximate surface area is 157 Å². The van der Waals surface area contributed by atoms with Crippen molar-refractivity contribution in [2.24, 2.45) is 0 Å². The minimum atomic E-state index is -0.0313. The van der Waals surface area contributed by atoms with Crippen molar-refractivity contribution in [1.29, 1.82) is 0 Å². The van der Waals surface area contributed by atoms with Crippen molar-refractivity contribution < 1.29 is 4.74 Å². The summed E-state index contributed by atoms with van der Waals surface area (Å²) < 4.78 is 9.26. The standard InChI is InChI=1S/C21H21BrN2O/c1-2-16-7-9-18(10-8-16)24-13-14-25-21(24)17-11-12-23(15-17)20-6-4-3-5-19(20)22/h3-12,15,21H,2,13-14H2,1H3/t21-/m0/s1. The van der Waals surface area contributed by atoms with Gasteiger partial charge in [0.05, 0.1) is 12.3 Å². The van der Waals surface area contributed by atoms with Gasteiger partial charge in [0, 0.05) is 34.7 Å². The van der Waals surface area contributed by atoms with E-state index in [1.54, 1.807) is 0 Å². The van der Waals surface area contributed by atoms with Gasteiger partial charge >= 0.3 is 0 Å². The molecule has 2 heterocycles. The second-order valence-corrected chi connectivity index (χ2v) is 7.09. The lowest BCUT2D eigenvalue weighted by atomic mass is 10.1. The summed E-state index contributed by atoms with van der Waals surface area (Å²) in [5.41, 5.74) is 4.88. The Morgan fingerprint density at radius 1 is 1.08 bits per heavy atom. The summed E-state index contributed by atoms with van der Waals surface area (Å²) in [7, 11) is 0. The maximum atomic E-state index is 6.04. The van der Waals surface area contributed by atoms with Crippen LogP contribution in [0.2, 0.25) is 0 Å². The van der Waals surface area contributed by atoms with Crippen molar-refractivity contribution in [1.82, 2.24) is 4.57 Å². The molecule has 0 saturated carbocycles. The second-order valence-electron chi connectivity index (χ2n) is 6.24. The lowest BCUT2D eigenvalue weighted by Crippen LogP contribution is -2.22. The smallest absolute Gasteiger partial charge is 0.158 e. The fourth-order valence-corrected chi connectivity index (χ4v) is 3.79. The Kier molecular flexibility index (Phi) is 4.64. The Morgan fingerprint density at radius 3 is 2.64 bits per heavy atom. The van der Waals surface area contributed by atoms with Crippen LogP contribution < -0.4 is 4.90 Å². The second kappa shape index (κ2) is 7.06. The van der Waals surface area contributed by atoms with Gasteiger partial charge in [-0.3, -0.25) is 0 Å². The lowest BCUT2D eigenvalue weighted by Gasteiger charge is -2.24. The van der Waals surface area contributed by atoms with E-state index in [-0.39, 0.29) is 6.23 Å². The molecule has 1 fully saturated rings. The molecule has 128 valence electrons. The first-order valence-corrected chi connectivity index (χ1v) is 9.45. The van der Waals surface area contributed by atoms with Gasteiger partial charge in [-0.2, -0.15) is 0 Å². The highest BCUT2D eigenvalue weighted by Crippen LogP contribution is 2.33. The normalized spacial score (nSPS) is 17.2.